The first kappa shape index (κ1) is 31.7. The number of carboxylic acids is 1. The van der Waals surface area contributed by atoms with Crippen molar-refractivity contribution >= 4 is 41.0 Å². The molecule has 1 aliphatic heterocycles. The van der Waals surface area contributed by atoms with Crippen molar-refractivity contribution in [3.8, 4) is 0 Å². The Morgan fingerprint density at radius 2 is 1.90 bits per heavy atom. The van der Waals surface area contributed by atoms with E-state index in [1.165, 1.54) is 18.3 Å². The predicted octanol–water partition coefficient (Wildman–Crippen LogP) is -1.64. The highest BCUT2D eigenvalue weighted by atomic mass is 32.1. The van der Waals surface area contributed by atoms with Gasteiger partial charge in [-0.3, -0.25) is 19.8 Å². The van der Waals surface area contributed by atoms with Crippen molar-refractivity contribution in [2.24, 2.45) is 11.5 Å². The summed E-state index contributed by atoms with van der Waals surface area (Å²) in [5.74, 6) is -3.20. The lowest BCUT2D eigenvalue weighted by molar-refractivity contribution is -0.145. The third-order valence-corrected chi connectivity index (χ3v) is 7.06. The first-order chi connectivity index (χ1) is 18.4. The van der Waals surface area contributed by atoms with Gasteiger partial charge in [-0.15, -0.1) is 11.3 Å². The third kappa shape index (κ3) is 9.94. The van der Waals surface area contributed by atoms with Crippen molar-refractivity contribution in [1.82, 2.24) is 20.9 Å². The summed E-state index contributed by atoms with van der Waals surface area (Å²) in [4.78, 5) is 51.1. The Labute approximate surface area is 229 Å². The molecule has 0 aliphatic carbocycles. The molecule has 2 rings (SSSR count). The summed E-state index contributed by atoms with van der Waals surface area (Å²) < 4.78 is 0. The standard InChI is InChI=1S/C24H37N7O7S/c1-13(32)18(25)22(36)29-15(11-14-7-9-31(12-14)24(26)27)21(35)28-8-3-2-6-17(33)30-19(23(37)38)20(34)16-5-4-10-39-16/h4-5,7,10,13,15,18-20,32,34H,2-3,6,8-9,11-12,25H2,1H3,(H3,26,27)(H,28,35)(H,29,36)(H,30,33)(H,37,38). The van der Waals surface area contributed by atoms with Crippen molar-refractivity contribution < 1.29 is 34.5 Å². The number of amides is 3. The highest BCUT2D eigenvalue weighted by Gasteiger charge is 2.30. The zero-order valence-electron chi connectivity index (χ0n) is 21.6. The number of aliphatic hydroxyl groups excluding tert-OH is 2. The van der Waals surface area contributed by atoms with Crippen LogP contribution in [0.25, 0.3) is 0 Å². The van der Waals surface area contributed by atoms with E-state index in [4.69, 9.17) is 16.9 Å². The van der Waals surface area contributed by atoms with Gasteiger partial charge in [0.2, 0.25) is 17.7 Å². The van der Waals surface area contributed by atoms with Crippen LogP contribution in [0.1, 0.15) is 43.6 Å². The van der Waals surface area contributed by atoms with E-state index in [1.54, 1.807) is 22.4 Å². The number of hydrogen-bond acceptors (Lipinski definition) is 9. The molecule has 5 atom stereocenters. The lowest BCUT2D eigenvalue weighted by atomic mass is 10.0. The number of aliphatic hydroxyl groups is 2. The Balaban J connectivity index is 1.84. The fraction of sp³-hybridized carbons (Fsp3) is 0.542. The van der Waals surface area contributed by atoms with E-state index in [0.717, 1.165) is 5.57 Å². The molecular formula is C24H37N7O7S. The van der Waals surface area contributed by atoms with Crippen LogP contribution < -0.4 is 27.4 Å². The molecule has 0 bridgehead atoms. The maximum Gasteiger partial charge on any atom is 0.329 e. The number of thiophene rings is 1. The van der Waals surface area contributed by atoms with Gasteiger partial charge in [0.05, 0.1) is 6.10 Å². The van der Waals surface area contributed by atoms with E-state index in [2.05, 4.69) is 16.0 Å². The van der Waals surface area contributed by atoms with Gasteiger partial charge in [0.25, 0.3) is 0 Å². The van der Waals surface area contributed by atoms with Gasteiger partial charge in [-0.05, 0) is 37.6 Å². The van der Waals surface area contributed by atoms with E-state index in [0.29, 0.717) is 30.8 Å². The number of nitrogens with one attached hydrogen (secondary N) is 4. The van der Waals surface area contributed by atoms with Crippen LogP contribution in [0.2, 0.25) is 0 Å². The number of carbonyl (C=O) groups excluding carboxylic acids is 3. The van der Waals surface area contributed by atoms with Gasteiger partial charge in [-0.25, -0.2) is 4.79 Å². The molecule has 0 saturated heterocycles. The van der Waals surface area contributed by atoms with Crippen LogP contribution in [0.15, 0.2) is 29.2 Å². The molecule has 39 heavy (non-hydrogen) atoms. The maximum atomic E-state index is 12.9. The molecule has 0 fully saturated rings. The number of carbonyl (C=O) groups is 4. The van der Waals surface area contributed by atoms with Crippen LogP contribution >= 0.6 is 11.3 Å². The number of rotatable bonds is 15. The zero-order valence-corrected chi connectivity index (χ0v) is 22.4. The van der Waals surface area contributed by atoms with Gasteiger partial charge < -0.3 is 47.6 Å². The Kier molecular flexibility index (Phi) is 12.3. The maximum absolute atomic E-state index is 12.9. The average molecular weight is 568 g/mol. The quantitative estimate of drug-likeness (QED) is 0.0506. The average Bonchev–Trinajstić information content (AvgIpc) is 3.58. The largest absolute Gasteiger partial charge is 0.480 e. The van der Waals surface area contributed by atoms with E-state index in [1.807, 2.05) is 6.08 Å². The highest BCUT2D eigenvalue weighted by molar-refractivity contribution is 7.10. The summed E-state index contributed by atoms with van der Waals surface area (Å²) in [5, 5.41) is 46.1. The first-order valence-electron chi connectivity index (χ1n) is 12.4. The fourth-order valence-corrected chi connectivity index (χ4v) is 4.54. The molecule has 3 amide bonds. The minimum Gasteiger partial charge on any atom is -0.480 e. The zero-order chi connectivity index (χ0) is 29.1. The number of nitrogens with zero attached hydrogens (tertiary/aromatic N) is 1. The molecule has 216 valence electrons. The van der Waals surface area contributed by atoms with Gasteiger partial charge >= 0.3 is 5.97 Å². The summed E-state index contributed by atoms with van der Waals surface area (Å²) in [6.45, 7) is 2.29. The van der Waals surface area contributed by atoms with Gasteiger partial charge in [-0.1, -0.05) is 17.7 Å². The molecule has 0 spiro atoms. The summed E-state index contributed by atoms with van der Waals surface area (Å²) in [6.07, 6.45) is 0.173. The van der Waals surface area contributed by atoms with Crippen LogP contribution in [0.3, 0.4) is 0 Å². The van der Waals surface area contributed by atoms with E-state index < -0.39 is 54.0 Å². The van der Waals surface area contributed by atoms with E-state index in [-0.39, 0.29) is 25.3 Å². The topological polar surface area (TPSA) is 244 Å². The number of guanidine groups is 1. The number of unbranched alkanes of at least 4 members (excludes halogenated alkanes) is 1. The summed E-state index contributed by atoms with van der Waals surface area (Å²) in [6, 6.07) is -0.452. The molecule has 14 nitrogen and oxygen atoms in total. The molecule has 15 heteroatoms. The monoisotopic (exact) mass is 567 g/mol. The van der Waals surface area contributed by atoms with Crippen molar-refractivity contribution in [1.29, 1.82) is 5.41 Å². The molecule has 0 radical (unpaired) electrons. The Morgan fingerprint density at radius 3 is 2.46 bits per heavy atom. The minimum absolute atomic E-state index is 0.0199. The normalized spacial score (nSPS) is 16.8. The van der Waals surface area contributed by atoms with Crippen LogP contribution in [0.4, 0.5) is 0 Å². The highest BCUT2D eigenvalue weighted by Crippen LogP contribution is 2.22. The second kappa shape index (κ2) is 15.2. The third-order valence-electron chi connectivity index (χ3n) is 6.12. The van der Waals surface area contributed by atoms with Gasteiger partial charge in [-0.2, -0.15) is 0 Å². The summed E-state index contributed by atoms with van der Waals surface area (Å²) in [7, 11) is 0. The molecule has 11 N–H and O–H groups in total. The Bertz CT molecular complexity index is 1050. The SMILES string of the molecule is CC(O)C(N)C(=O)NC(CC1=CCN(C(=N)N)C1)C(=O)NCCCCC(=O)NC(C(=O)O)C(O)c1cccs1. The predicted molar refractivity (Wildman–Crippen MR) is 143 cm³/mol. The van der Waals surface area contributed by atoms with Crippen LogP contribution in [0, 0.1) is 5.41 Å². The van der Waals surface area contributed by atoms with Crippen molar-refractivity contribution in [3.63, 3.8) is 0 Å². The second-order valence-corrected chi connectivity index (χ2v) is 10.2. The lowest BCUT2D eigenvalue weighted by Gasteiger charge is -2.23. The molecule has 0 aromatic carbocycles. The van der Waals surface area contributed by atoms with Crippen molar-refractivity contribution in [2.75, 3.05) is 19.6 Å². The smallest absolute Gasteiger partial charge is 0.329 e. The molecular weight excluding hydrogens is 530 g/mol. The summed E-state index contributed by atoms with van der Waals surface area (Å²) >= 11 is 1.18. The number of nitrogens with two attached hydrogens (primary N) is 2. The van der Waals surface area contributed by atoms with Gasteiger partial charge in [0.1, 0.15) is 18.2 Å². The van der Waals surface area contributed by atoms with Crippen molar-refractivity contribution in [2.45, 2.75) is 62.9 Å². The Hall–Kier alpha value is -3.53. The van der Waals surface area contributed by atoms with E-state index >= 15 is 0 Å². The fourth-order valence-electron chi connectivity index (χ4n) is 3.79. The van der Waals surface area contributed by atoms with Gasteiger partial charge in [0.15, 0.2) is 12.0 Å². The lowest BCUT2D eigenvalue weighted by Crippen LogP contribution is -2.54. The second-order valence-electron chi connectivity index (χ2n) is 9.25. The molecule has 0 saturated carbocycles. The molecule has 1 aliphatic rings. The Morgan fingerprint density at radius 1 is 1.18 bits per heavy atom. The van der Waals surface area contributed by atoms with Crippen molar-refractivity contribution in [3.05, 3.63) is 34.0 Å². The molecule has 5 unspecified atom stereocenters. The molecule has 1 aromatic rings. The number of hydrogen-bond donors (Lipinski definition) is 9. The number of aliphatic carboxylic acids is 1. The molecule has 2 heterocycles. The van der Waals surface area contributed by atoms with E-state index in [9.17, 15) is 34.5 Å². The first-order valence-corrected chi connectivity index (χ1v) is 13.3. The number of carboxylic acid groups (broad SMARTS) is 1. The van der Waals surface area contributed by atoms with Crippen LogP contribution in [-0.4, -0.2) is 93.7 Å². The molecule has 1 aromatic heterocycles. The minimum atomic E-state index is -1.49. The van der Waals surface area contributed by atoms with Crippen LogP contribution in [-0.2, 0) is 19.2 Å². The van der Waals surface area contributed by atoms with Gasteiger partial charge in [0, 0.05) is 30.9 Å². The van der Waals surface area contributed by atoms with Crippen LogP contribution in [0.5, 0.6) is 0 Å². The summed E-state index contributed by atoms with van der Waals surface area (Å²) in [5.41, 5.74) is 12.0.